The maximum absolute atomic E-state index is 5.51. The van der Waals surface area contributed by atoms with Gasteiger partial charge in [0.05, 0.1) is 13.2 Å². The summed E-state index contributed by atoms with van der Waals surface area (Å²) in [6, 6.07) is 1.38. The molecule has 1 saturated carbocycles. The highest BCUT2D eigenvalue weighted by molar-refractivity contribution is 4.94. The van der Waals surface area contributed by atoms with Gasteiger partial charge in [0.25, 0.3) is 0 Å². The number of morpholine rings is 1. The first kappa shape index (κ1) is 15.3. The van der Waals surface area contributed by atoms with Gasteiger partial charge in [0.15, 0.2) is 0 Å². The molecule has 0 radical (unpaired) electrons. The number of hydrogen-bond donors (Lipinski definition) is 1. The van der Waals surface area contributed by atoms with E-state index in [2.05, 4.69) is 38.0 Å². The summed E-state index contributed by atoms with van der Waals surface area (Å²) in [6.45, 7) is 11.3. The van der Waals surface area contributed by atoms with Gasteiger partial charge in [-0.1, -0.05) is 27.2 Å². The number of nitrogens with one attached hydrogen (secondary N) is 1. The first-order valence-electron chi connectivity index (χ1n) is 8.07. The molecule has 0 aromatic heterocycles. The fraction of sp³-hybridized carbons (Fsp3) is 1.00. The molecule has 2 aliphatic rings. The second-order valence-electron chi connectivity index (χ2n) is 6.96. The predicted octanol–water partition coefficient (Wildman–Crippen LogP) is 2.51. The largest absolute Gasteiger partial charge is 0.379 e. The zero-order chi connectivity index (χ0) is 13.9. The van der Waals surface area contributed by atoms with Gasteiger partial charge < -0.3 is 10.1 Å². The van der Waals surface area contributed by atoms with E-state index >= 15 is 0 Å². The van der Waals surface area contributed by atoms with Gasteiger partial charge in [-0.3, -0.25) is 4.90 Å². The van der Waals surface area contributed by atoms with Crippen molar-refractivity contribution in [2.45, 2.75) is 58.5 Å². The smallest absolute Gasteiger partial charge is 0.0594 e. The first-order valence-corrected chi connectivity index (χ1v) is 8.07. The van der Waals surface area contributed by atoms with Crippen molar-refractivity contribution in [3.63, 3.8) is 0 Å². The van der Waals surface area contributed by atoms with E-state index in [1.165, 1.54) is 25.7 Å². The molecule has 2 rings (SSSR count). The van der Waals surface area contributed by atoms with Crippen LogP contribution < -0.4 is 5.32 Å². The summed E-state index contributed by atoms with van der Waals surface area (Å²) in [5.74, 6) is 0.870. The van der Waals surface area contributed by atoms with E-state index < -0.39 is 0 Å². The molecule has 0 spiro atoms. The van der Waals surface area contributed by atoms with Crippen LogP contribution in [0.4, 0.5) is 0 Å². The molecule has 3 nitrogen and oxygen atoms in total. The maximum atomic E-state index is 5.51. The molecule has 0 bridgehead atoms. The third-order valence-corrected chi connectivity index (χ3v) is 5.72. The van der Waals surface area contributed by atoms with Crippen molar-refractivity contribution in [3.05, 3.63) is 0 Å². The normalized spacial score (nSPS) is 34.4. The van der Waals surface area contributed by atoms with Gasteiger partial charge in [-0.2, -0.15) is 0 Å². The third kappa shape index (κ3) is 3.50. The number of likely N-dealkylation sites (N-methyl/N-ethyl adjacent to an activating group) is 1. The second kappa shape index (κ2) is 6.55. The predicted molar refractivity (Wildman–Crippen MR) is 80.4 cm³/mol. The van der Waals surface area contributed by atoms with Crippen LogP contribution >= 0.6 is 0 Å². The molecule has 19 heavy (non-hydrogen) atoms. The summed E-state index contributed by atoms with van der Waals surface area (Å²) in [5, 5.41) is 3.56. The van der Waals surface area contributed by atoms with Crippen molar-refractivity contribution in [2.24, 2.45) is 11.3 Å². The Hall–Kier alpha value is -0.120. The summed E-state index contributed by atoms with van der Waals surface area (Å²) in [6.07, 6.45) is 5.35. The highest BCUT2D eigenvalue weighted by Gasteiger charge is 2.39. The van der Waals surface area contributed by atoms with E-state index in [0.29, 0.717) is 17.5 Å². The Kier molecular flexibility index (Phi) is 5.27. The van der Waals surface area contributed by atoms with Crippen LogP contribution in [0.5, 0.6) is 0 Å². The van der Waals surface area contributed by atoms with Gasteiger partial charge in [-0.15, -0.1) is 0 Å². The molecule has 3 unspecified atom stereocenters. The van der Waals surface area contributed by atoms with Gasteiger partial charge in [0.1, 0.15) is 0 Å². The fourth-order valence-corrected chi connectivity index (χ4v) is 3.79. The molecular weight excluding hydrogens is 236 g/mol. The average Bonchev–Trinajstić information content (AvgIpc) is 2.47. The van der Waals surface area contributed by atoms with Gasteiger partial charge >= 0.3 is 0 Å². The van der Waals surface area contributed by atoms with Crippen molar-refractivity contribution < 1.29 is 4.74 Å². The molecule has 0 aromatic rings. The minimum absolute atomic E-state index is 0.489. The second-order valence-corrected chi connectivity index (χ2v) is 6.96. The van der Waals surface area contributed by atoms with E-state index in [4.69, 9.17) is 4.74 Å². The van der Waals surface area contributed by atoms with Gasteiger partial charge in [0.2, 0.25) is 0 Å². The van der Waals surface area contributed by atoms with Crippen LogP contribution in [0.1, 0.15) is 46.5 Å². The van der Waals surface area contributed by atoms with Crippen molar-refractivity contribution >= 4 is 0 Å². The summed E-state index contributed by atoms with van der Waals surface area (Å²) in [7, 11) is 2.13. The van der Waals surface area contributed by atoms with E-state index in [-0.39, 0.29) is 0 Å². The molecule has 1 aliphatic carbocycles. The van der Waals surface area contributed by atoms with Crippen LogP contribution in [0.25, 0.3) is 0 Å². The molecule has 1 N–H and O–H groups in total. The quantitative estimate of drug-likeness (QED) is 0.848. The molecule has 0 amide bonds. The van der Waals surface area contributed by atoms with Crippen LogP contribution in [0.2, 0.25) is 0 Å². The lowest BCUT2D eigenvalue weighted by molar-refractivity contribution is -0.0176. The van der Waals surface area contributed by atoms with E-state index in [0.717, 1.165) is 32.2 Å². The van der Waals surface area contributed by atoms with Gasteiger partial charge in [-0.05, 0) is 37.6 Å². The molecule has 112 valence electrons. The Morgan fingerprint density at radius 1 is 1.21 bits per heavy atom. The standard InChI is InChI=1S/C16H32N2O/c1-5-16(2,3)13-6-7-14(17-4)15(12-13)18-8-10-19-11-9-18/h13-15,17H,5-12H2,1-4H3. The van der Waals surface area contributed by atoms with E-state index in [1.54, 1.807) is 0 Å². The summed E-state index contributed by atoms with van der Waals surface area (Å²) in [4.78, 5) is 2.67. The zero-order valence-electron chi connectivity index (χ0n) is 13.2. The van der Waals surface area contributed by atoms with Crippen molar-refractivity contribution in [1.82, 2.24) is 10.2 Å². The molecule has 1 saturated heterocycles. The Morgan fingerprint density at radius 3 is 2.47 bits per heavy atom. The zero-order valence-corrected chi connectivity index (χ0v) is 13.2. The molecule has 3 heteroatoms. The lowest BCUT2D eigenvalue weighted by Crippen LogP contribution is -2.56. The molecule has 1 aliphatic heterocycles. The number of hydrogen-bond acceptors (Lipinski definition) is 3. The van der Waals surface area contributed by atoms with Crippen molar-refractivity contribution in [2.75, 3.05) is 33.4 Å². The Bertz CT molecular complexity index is 274. The molecule has 1 heterocycles. The maximum Gasteiger partial charge on any atom is 0.0594 e. The SMILES string of the molecule is CCC(C)(C)C1CCC(NC)C(N2CCOCC2)C1. The van der Waals surface area contributed by atoms with Crippen LogP contribution in [-0.4, -0.2) is 50.3 Å². The molecular formula is C16H32N2O. The summed E-state index contributed by atoms with van der Waals surface area (Å²) < 4.78 is 5.51. The Labute approximate surface area is 119 Å². The van der Waals surface area contributed by atoms with E-state index in [1.807, 2.05) is 0 Å². The van der Waals surface area contributed by atoms with Crippen LogP contribution in [-0.2, 0) is 4.74 Å². The van der Waals surface area contributed by atoms with Crippen LogP contribution in [0.3, 0.4) is 0 Å². The van der Waals surface area contributed by atoms with Crippen LogP contribution in [0.15, 0.2) is 0 Å². The fourth-order valence-electron chi connectivity index (χ4n) is 3.79. The third-order valence-electron chi connectivity index (χ3n) is 5.72. The van der Waals surface area contributed by atoms with E-state index in [9.17, 15) is 0 Å². The van der Waals surface area contributed by atoms with Crippen molar-refractivity contribution in [3.8, 4) is 0 Å². The summed E-state index contributed by atoms with van der Waals surface area (Å²) in [5.41, 5.74) is 0.489. The average molecular weight is 268 g/mol. The molecule has 3 atom stereocenters. The monoisotopic (exact) mass is 268 g/mol. The number of ether oxygens (including phenoxy) is 1. The van der Waals surface area contributed by atoms with Crippen LogP contribution in [0, 0.1) is 11.3 Å². The minimum Gasteiger partial charge on any atom is -0.379 e. The van der Waals surface area contributed by atoms with Crippen molar-refractivity contribution in [1.29, 1.82) is 0 Å². The highest BCUT2D eigenvalue weighted by Crippen LogP contribution is 2.41. The lowest BCUT2D eigenvalue weighted by atomic mass is 9.67. The molecule has 2 fully saturated rings. The lowest BCUT2D eigenvalue weighted by Gasteiger charge is -2.47. The summed E-state index contributed by atoms with van der Waals surface area (Å²) >= 11 is 0. The number of rotatable bonds is 4. The Balaban J connectivity index is 2.04. The number of nitrogens with zero attached hydrogens (tertiary/aromatic N) is 1. The van der Waals surface area contributed by atoms with Gasteiger partial charge in [0, 0.05) is 25.2 Å². The highest BCUT2D eigenvalue weighted by atomic mass is 16.5. The first-order chi connectivity index (χ1) is 9.08. The topological polar surface area (TPSA) is 24.5 Å². The molecule has 0 aromatic carbocycles. The van der Waals surface area contributed by atoms with Gasteiger partial charge in [-0.25, -0.2) is 0 Å². The Morgan fingerprint density at radius 2 is 1.89 bits per heavy atom. The minimum atomic E-state index is 0.489.